The van der Waals surface area contributed by atoms with E-state index in [2.05, 4.69) is 11.9 Å². The summed E-state index contributed by atoms with van der Waals surface area (Å²) in [6, 6.07) is 14.8. The maximum Gasteiger partial charge on any atom is 0.410 e. The number of carbonyl (C=O) groups excluding carboxylic acids is 5. The second-order valence-corrected chi connectivity index (χ2v) is 21.0. The van der Waals surface area contributed by atoms with Crippen molar-refractivity contribution in [2.45, 2.75) is 121 Å². The Hall–Kier alpha value is -5.55. The van der Waals surface area contributed by atoms with Gasteiger partial charge in [-0.3, -0.25) is 27.7 Å². The van der Waals surface area contributed by atoms with E-state index < -0.39 is 81.7 Å². The minimum Gasteiger partial charge on any atom is -0.755 e. The van der Waals surface area contributed by atoms with Gasteiger partial charge >= 0.3 is 6.09 Å². The van der Waals surface area contributed by atoms with E-state index in [9.17, 15) is 27.9 Å². The number of nitrogens with zero attached hydrogens (tertiary/aromatic N) is 5. The predicted octanol–water partition coefficient (Wildman–Crippen LogP) is 5.38. The molecule has 5 aliphatic rings. The number of pyridine rings is 1. The fourth-order valence-corrected chi connectivity index (χ4v) is 10.4. The number of rotatable bonds is 13. The SMILES string of the molecule is C=C[C@@H]1C[C@]1(NC(=O)[C@@H]1C[C@@H](Oc2cc(-c3ccccc3)nc3cc(OC)ccc23)CN1C(=O)[C@@H](CC(=O)N1CC2CC1CN2C(=O)OC(C)(C)C)C(C)(C)C)C(=O)N(C1CC1)S(=O)[O-]. The van der Waals surface area contributed by atoms with Gasteiger partial charge in [-0.05, 0) is 64.0 Å². The van der Waals surface area contributed by atoms with Crippen LogP contribution in [0.25, 0.3) is 22.2 Å². The highest BCUT2D eigenvalue weighted by atomic mass is 32.2. The Morgan fingerprint density at radius 2 is 1.66 bits per heavy atom. The second-order valence-electron chi connectivity index (χ2n) is 20.2. The molecule has 2 aliphatic carbocycles. The molecule has 17 heteroatoms. The second kappa shape index (κ2) is 17.3. The quantitative estimate of drug-likeness (QED) is 0.171. The van der Waals surface area contributed by atoms with Crippen LogP contribution in [0.1, 0.15) is 80.1 Å². The molecule has 8 atom stereocenters. The third-order valence-electron chi connectivity index (χ3n) is 13.4. The zero-order chi connectivity index (χ0) is 46.7. The number of hydrogen-bond acceptors (Lipinski definition) is 11. The van der Waals surface area contributed by atoms with Crippen LogP contribution >= 0.6 is 0 Å². The van der Waals surface area contributed by atoms with Gasteiger partial charge in [-0.2, -0.15) is 0 Å². The van der Waals surface area contributed by atoms with Crippen molar-refractivity contribution in [1.29, 1.82) is 0 Å². The van der Waals surface area contributed by atoms with Crippen LogP contribution in [0.3, 0.4) is 0 Å². The van der Waals surface area contributed by atoms with E-state index in [0.717, 1.165) is 9.87 Å². The van der Waals surface area contributed by atoms with Gasteiger partial charge in [0.1, 0.15) is 34.8 Å². The van der Waals surface area contributed by atoms with Crippen LogP contribution < -0.4 is 14.8 Å². The summed E-state index contributed by atoms with van der Waals surface area (Å²) in [5.74, 6) is -2.36. The van der Waals surface area contributed by atoms with Crippen LogP contribution in [-0.2, 0) is 35.2 Å². The van der Waals surface area contributed by atoms with Crippen molar-refractivity contribution in [3.05, 3.63) is 67.3 Å². The molecule has 3 aromatic rings. The molecule has 1 N–H and O–H groups in total. The van der Waals surface area contributed by atoms with Gasteiger partial charge in [0.2, 0.25) is 17.7 Å². The summed E-state index contributed by atoms with van der Waals surface area (Å²) in [6.45, 7) is 15.6. The van der Waals surface area contributed by atoms with E-state index in [4.69, 9.17) is 19.2 Å². The molecule has 8 rings (SSSR count). The number of likely N-dealkylation sites (tertiary alicyclic amines) is 3. The summed E-state index contributed by atoms with van der Waals surface area (Å²) in [7, 11) is 1.57. The summed E-state index contributed by atoms with van der Waals surface area (Å²) in [4.78, 5) is 81.1. The van der Waals surface area contributed by atoms with Gasteiger partial charge in [0.15, 0.2) is 0 Å². The standard InChI is InChI=1S/C48H60N6O10S/c1-9-29-24-48(29,44(58)54(65(60)61)30-15-16-30)50-42(56)39-21-34(63-40-23-37(28-13-11-10-12-14-28)49-38-20-33(62-8)17-18-35(38)40)27-53(39)43(57)36(46(2,3)4)22-41(55)51-25-32-19-31(51)26-52(32)45(59)64-47(5,6)7/h9-14,17-18,20,23,29-32,34,36,39H,1,15-16,19,21-22,24-27H2,2-8H3,(H,50,56)(H,60,61)/p-1/t29-,31?,32?,34-,36-,39+,48-/m1/s1. The van der Waals surface area contributed by atoms with E-state index >= 15 is 4.79 Å². The highest BCUT2D eigenvalue weighted by Crippen LogP contribution is 2.48. The highest BCUT2D eigenvalue weighted by molar-refractivity contribution is 7.77. The first-order valence-electron chi connectivity index (χ1n) is 22.4. The highest BCUT2D eigenvalue weighted by Gasteiger charge is 2.63. The van der Waals surface area contributed by atoms with Crippen molar-refractivity contribution in [1.82, 2.24) is 29.3 Å². The first kappa shape index (κ1) is 46.0. The molecule has 3 saturated heterocycles. The van der Waals surface area contributed by atoms with Crippen LogP contribution in [0.4, 0.5) is 4.79 Å². The lowest BCUT2D eigenvalue weighted by Gasteiger charge is -2.38. The number of nitrogens with one attached hydrogen (secondary N) is 1. The van der Waals surface area contributed by atoms with E-state index in [1.807, 2.05) is 90.1 Å². The maximum absolute atomic E-state index is 15.2. The molecule has 5 amide bonds. The largest absolute Gasteiger partial charge is 0.755 e. The van der Waals surface area contributed by atoms with Crippen molar-refractivity contribution in [3.63, 3.8) is 0 Å². The number of hydrogen-bond donors (Lipinski definition) is 1. The first-order chi connectivity index (χ1) is 30.7. The van der Waals surface area contributed by atoms with Gasteiger partial charge in [-0.15, -0.1) is 6.58 Å². The molecule has 65 heavy (non-hydrogen) atoms. The molecule has 4 heterocycles. The first-order valence-corrected chi connectivity index (χ1v) is 23.4. The van der Waals surface area contributed by atoms with Crippen molar-refractivity contribution in [2.75, 3.05) is 26.7 Å². The molecular weight excluding hydrogens is 853 g/mol. The van der Waals surface area contributed by atoms with Gasteiger partial charge < -0.3 is 38.8 Å². The minimum atomic E-state index is -2.86. The fraction of sp³-hybridized carbons (Fsp3) is 0.542. The van der Waals surface area contributed by atoms with Crippen molar-refractivity contribution >= 4 is 51.9 Å². The van der Waals surface area contributed by atoms with Crippen LogP contribution in [0.15, 0.2) is 67.3 Å². The van der Waals surface area contributed by atoms with E-state index in [1.165, 1.54) is 11.0 Å². The van der Waals surface area contributed by atoms with Crippen molar-refractivity contribution in [3.8, 4) is 22.8 Å². The summed E-state index contributed by atoms with van der Waals surface area (Å²) < 4.78 is 43.5. The molecule has 16 nitrogen and oxygen atoms in total. The van der Waals surface area contributed by atoms with E-state index in [0.29, 0.717) is 60.4 Å². The zero-order valence-electron chi connectivity index (χ0n) is 38.1. The van der Waals surface area contributed by atoms with Crippen molar-refractivity contribution in [2.24, 2.45) is 17.3 Å². The molecule has 0 radical (unpaired) electrons. The maximum atomic E-state index is 15.2. The van der Waals surface area contributed by atoms with E-state index in [-0.39, 0.29) is 43.8 Å². The molecule has 3 aliphatic heterocycles. The average Bonchev–Trinajstić information content (AvgIpc) is 4.06. The number of carbonyl (C=O) groups is 5. The van der Waals surface area contributed by atoms with Crippen LogP contribution in [0, 0.1) is 17.3 Å². The number of aromatic nitrogens is 1. The smallest absolute Gasteiger partial charge is 0.410 e. The molecule has 3 unspecified atom stereocenters. The minimum absolute atomic E-state index is 0.0256. The molecule has 2 saturated carbocycles. The van der Waals surface area contributed by atoms with Crippen LogP contribution in [0.5, 0.6) is 11.5 Å². The number of fused-ring (bicyclic) bond motifs is 3. The Kier molecular flexibility index (Phi) is 12.3. The lowest BCUT2D eigenvalue weighted by molar-refractivity contribution is -0.149. The lowest BCUT2D eigenvalue weighted by atomic mass is 9.77. The van der Waals surface area contributed by atoms with Crippen molar-refractivity contribution < 1.29 is 46.9 Å². The lowest BCUT2D eigenvalue weighted by Crippen LogP contribution is -2.58. The fourth-order valence-electron chi connectivity index (χ4n) is 9.66. The number of benzene rings is 2. The van der Waals surface area contributed by atoms with Gasteiger partial charge in [-0.25, -0.2) is 9.78 Å². The topological polar surface area (TPSA) is 191 Å². The Balaban J connectivity index is 1.09. The Morgan fingerprint density at radius 3 is 2.25 bits per heavy atom. The van der Waals surface area contributed by atoms with Gasteiger partial charge in [0.25, 0.3) is 5.91 Å². The Bertz CT molecular complexity index is 2420. The monoisotopic (exact) mass is 911 g/mol. The molecule has 2 bridgehead atoms. The number of ether oxygens (including phenoxy) is 3. The molecular formula is C48H59N6O10S-. The molecule has 348 valence electrons. The summed E-state index contributed by atoms with van der Waals surface area (Å²) in [5.41, 5.74) is -0.869. The molecule has 0 spiro atoms. The molecule has 2 aromatic carbocycles. The third kappa shape index (κ3) is 9.31. The van der Waals surface area contributed by atoms with Crippen LogP contribution in [0.2, 0.25) is 0 Å². The summed E-state index contributed by atoms with van der Waals surface area (Å²) in [5, 5.41) is 3.60. The average molecular weight is 912 g/mol. The normalized spacial score (nSPS) is 25.8. The third-order valence-corrected chi connectivity index (χ3v) is 14.2. The number of methoxy groups -OCH3 is 1. The summed E-state index contributed by atoms with van der Waals surface area (Å²) in [6.07, 6.45) is 2.10. The zero-order valence-corrected chi connectivity index (χ0v) is 38.9. The van der Waals surface area contributed by atoms with Crippen LogP contribution in [-0.4, -0.2) is 131 Å². The predicted molar refractivity (Wildman–Crippen MR) is 241 cm³/mol. The Morgan fingerprint density at radius 1 is 0.969 bits per heavy atom. The number of piperazine rings is 1. The Labute approximate surface area is 382 Å². The van der Waals surface area contributed by atoms with Gasteiger partial charge in [0, 0.05) is 61.0 Å². The number of amides is 5. The van der Waals surface area contributed by atoms with Gasteiger partial charge in [-0.1, -0.05) is 57.2 Å². The summed E-state index contributed by atoms with van der Waals surface area (Å²) >= 11 is -2.86. The molecule has 1 aromatic heterocycles. The molecule has 5 fully saturated rings. The van der Waals surface area contributed by atoms with E-state index in [1.54, 1.807) is 23.0 Å². The van der Waals surface area contributed by atoms with Gasteiger partial charge in [0.05, 0.1) is 54.1 Å².